The Labute approximate surface area is 235 Å². The maximum atomic E-state index is 12.5. The SMILES string of the molecule is CS(=O)(=O)NC(=O)CN1C(=Cc2sc3ccc(Cl)cc3[n+]2CCCCS(=O)(=O)O)SC2C=C(Br)SC21. The molecule has 3 heterocycles. The van der Waals surface area contributed by atoms with E-state index < -0.39 is 26.0 Å². The first kappa shape index (κ1) is 28.2. The molecule has 1 saturated heterocycles. The Balaban J connectivity index is 1.67. The van der Waals surface area contributed by atoms with Gasteiger partial charge < -0.3 is 4.90 Å². The summed E-state index contributed by atoms with van der Waals surface area (Å²) in [4.78, 5) is 14.4. The number of aromatic nitrogens is 1. The van der Waals surface area contributed by atoms with Crippen molar-refractivity contribution in [2.24, 2.45) is 0 Å². The highest BCUT2D eigenvalue weighted by atomic mass is 79.9. The van der Waals surface area contributed by atoms with Crippen LogP contribution in [0.5, 0.6) is 0 Å². The van der Waals surface area contributed by atoms with Gasteiger partial charge in [0, 0.05) is 21.3 Å². The largest absolute Gasteiger partial charge is 0.343 e. The highest BCUT2D eigenvalue weighted by Crippen LogP contribution is 2.52. The summed E-state index contributed by atoms with van der Waals surface area (Å²) in [5.74, 6) is -0.928. The fraction of sp³-hybridized carbons (Fsp3) is 0.400. The molecule has 0 aliphatic carbocycles. The number of hydrogen-bond donors (Lipinski definition) is 2. The third-order valence-corrected chi connectivity index (χ3v) is 11.4. The normalized spacial score (nSPS) is 21.3. The van der Waals surface area contributed by atoms with Crippen LogP contribution in [0.15, 0.2) is 33.1 Å². The number of unbranched alkanes of at least 4 members (excludes halogenated alkanes) is 1. The molecule has 0 radical (unpaired) electrons. The van der Waals surface area contributed by atoms with Crippen molar-refractivity contribution in [1.82, 2.24) is 9.62 Å². The molecule has 2 aliphatic heterocycles. The van der Waals surface area contributed by atoms with E-state index >= 15 is 0 Å². The third kappa shape index (κ3) is 7.18. The Bertz CT molecular complexity index is 1470. The highest BCUT2D eigenvalue weighted by Gasteiger charge is 2.43. The number of halogens is 2. The molecule has 2 N–H and O–H groups in total. The van der Waals surface area contributed by atoms with Crippen LogP contribution >= 0.6 is 62.4 Å². The van der Waals surface area contributed by atoms with Crippen molar-refractivity contribution in [3.8, 4) is 0 Å². The van der Waals surface area contributed by atoms with Gasteiger partial charge in [-0.25, -0.2) is 8.42 Å². The van der Waals surface area contributed by atoms with E-state index in [1.807, 2.05) is 32.4 Å². The predicted molar refractivity (Wildman–Crippen MR) is 150 cm³/mol. The molecule has 2 aromatic rings. The molecule has 9 nitrogen and oxygen atoms in total. The Morgan fingerprint density at radius 3 is 2.72 bits per heavy atom. The third-order valence-electron chi connectivity index (χ3n) is 5.24. The molecule has 1 aromatic carbocycles. The van der Waals surface area contributed by atoms with Gasteiger partial charge in [0.15, 0.2) is 6.54 Å². The molecule has 16 heteroatoms. The standard InChI is InChI=1S/C20H21BrClN3O6S5/c1-35(27,28)23-17(26)11-25-19(33-15-9-16(21)34-20(15)25)10-18-24(6-2-3-7-36(29,30)31)13-8-12(22)4-5-14(13)32-18/h4-5,8-10,15,20H,2-3,6-7,11H2,1H3,(H-,23,26,29,30,31)/p+1. The average Bonchev–Trinajstić information content (AvgIpc) is 3.35. The van der Waals surface area contributed by atoms with Crippen LogP contribution in [-0.2, 0) is 31.5 Å². The Morgan fingerprint density at radius 1 is 1.28 bits per heavy atom. The second-order valence-corrected chi connectivity index (χ2v) is 16.7. The van der Waals surface area contributed by atoms with Crippen molar-refractivity contribution in [2.45, 2.75) is 30.0 Å². The average molecular weight is 676 g/mol. The fourth-order valence-electron chi connectivity index (χ4n) is 3.85. The Kier molecular flexibility index (Phi) is 8.71. The van der Waals surface area contributed by atoms with Crippen LogP contribution in [0, 0.1) is 0 Å². The molecular formula is C20H22BrClN3O6S5+. The van der Waals surface area contributed by atoms with Gasteiger partial charge in [-0.1, -0.05) is 46.5 Å². The lowest BCUT2D eigenvalue weighted by atomic mass is 10.3. The second-order valence-electron chi connectivity index (χ2n) is 8.17. The molecule has 196 valence electrons. The van der Waals surface area contributed by atoms with E-state index in [0.717, 1.165) is 30.3 Å². The second kappa shape index (κ2) is 11.1. The lowest BCUT2D eigenvalue weighted by Gasteiger charge is -2.24. The molecule has 0 bridgehead atoms. The van der Waals surface area contributed by atoms with Gasteiger partial charge in [0.2, 0.25) is 15.5 Å². The number of hydrogen-bond acceptors (Lipinski definition) is 9. The summed E-state index contributed by atoms with van der Waals surface area (Å²) in [6.07, 6.45) is 5.80. The number of fused-ring (bicyclic) bond motifs is 2. The number of thiazole rings is 1. The number of nitrogens with one attached hydrogen (secondary N) is 1. The minimum Gasteiger partial charge on any atom is -0.343 e. The zero-order valence-electron chi connectivity index (χ0n) is 18.8. The summed E-state index contributed by atoms with van der Waals surface area (Å²) in [7, 11) is -7.71. The van der Waals surface area contributed by atoms with Crippen molar-refractivity contribution in [3.63, 3.8) is 0 Å². The van der Waals surface area contributed by atoms with Gasteiger partial charge in [-0.3, -0.25) is 14.1 Å². The summed E-state index contributed by atoms with van der Waals surface area (Å²) in [6.45, 7) is 0.376. The van der Waals surface area contributed by atoms with Crippen molar-refractivity contribution in [3.05, 3.63) is 43.1 Å². The van der Waals surface area contributed by atoms with E-state index in [9.17, 15) is 21.6 Å². The molecule has 0 spiro atoms. The van der Waals surface area contributed by atoms with Gasteiger partial charge in [-0.05, 0) is 40.6 Å². The van der Waals surface area contributed by atoms with Crippen LogP contribution in [0.3, 0.4) is 0 Å². The molecule has 0 saturated carbocycles. The van der Waals surface area contributed by atoms with Crippen LogP contribution in [0.2, 0.25) is 5.02 Å². The summed E-state index contributed by atoms with van der Waals surface area (Å²) in [5.41, 5.74) is 0.896. The molecule has 4 rings (SSSR count). The molecule has 1 amide bonds. The van der Waals surface area contributed by atoms with Gasteiger partial charge in [0.05, 0.1) is 40.3 Å². The maximum absolute atomic E-state index is 12.5. The van der Waals surface area contributed by atoms with E-state index in [4.69, 9.17) is 16.2 Å². The summed E-state index contributed by atoms with van der Waals surface area (Å²) >= 11 is 14.4. The van der Waals surface area contributed by atoms with Crippen molar-refractivity contribution in [1.29, 1.82) is 0 Å². The number of aryl methyl sites for hydroxylation is 1. The lowest BCUT2D eigenvalue weighted by Crippen LogP contribution is -2.41. The van der Waals surface area contributed by atoms with Crippen molar-refractivity contribution < 1.29 is 30.7 Å². The fourth-order valence-corrected chi connectivity index (χ4v) is 9.99. The van der Waals surface area contributed by atoms with Crippen LogP contribution in [-0.4, -0.2) is 61.4 Å². The Morgan fingerprint density at radius 2 is 2.03 bits per heavy atom. The smallest absolute Gasteiger partial charge is 0.265 e. The molecule has 2 aliphatic rings. The molecule has 2 unspecified atom stereocenters. The maximum Gasteiger partial charge on any atom is 0.265 e. The zero-order chi connectivity index (χ0) is 26.3. The van der Waals surface area contributed by atoms with Gasteiger partial charge >= 0.3 is 0 Å². The number of carbonyl (C=O) groups is 1. The van der Waals surface area contributed by atoms with Gasteiger partial charge in [0.25, 0.3) is 21.0 Å². The van der Waals surface area contributed by atoms with Crippen LogP contribution in [0.4, 0.5) is 0 Å². The van der Waals surface area contributed by atoms with E-state index in [0.29, 0.717) is 24.4 Å². The number of rotatable bonds is 9. The first-order valence-electron chi connectivity index (χ1n) is 10.6. The number of carbonyl (C=O) groups excluding carboxylic acids is 1. The first-order valence-corrected chi connectivity index (χ1v) is 17.8. The number of amides is 1. The summed E-state index contributed by atoms with van der Waals surface area (Å²) < 4.78 is 60.4. The van der Waals surface area contributed by atoms with Crippen LogP contribution < -0.4 is 9.29 Å². The topological polar surface area (TPSA) is 125 Å². The van der Waals surface area contributed by atoms with Crippen LogP contribution in [0.1, 0.15) is 17.8 Å². The van der Waals surface area contributed by atoms with Crippen molar-refractivity contribution in [2.75, 3.05) is 18.6 Å². The van der Waals surface area contributed by atoms with Gasteiger partial charge in [-0.2, -0.15) is 13.0 Å². The van der Waals surface area contributed by atoms with E-state index in [-0.39, 0.29) is 22.9 Å². The molecule has 36 heavy (non-hydrogen) atoms. The van der Waals surface area contributed by atoms with Gasteiger partial charge in [-0.15, -0.1) is 0 Å². The van der Waals surface area contributed by atoms with Crippen molar-refractivity contribution >= 4 is 105 Å². The number of benzene rings is 1. The minimum absolute atomic E-state index is 0.0760. The summed E-state index contributed by atoms with van der Waals surface area (Å²) in [6, 6.07) is 5.57. The highest BCUT2D eigenvalue weighted by molar-refractivity contribution is 9.14. The molecular weight excluding hydrogens is 654 g/mol. The summed E-state index contributed by atoms with van der Waals surface area (Å²) in [5, 5.41) is 2.27. The minimum atomic E-state index is -4.03. The lowest BCUT2D eigenvalue weighted by molar-refractivity contribution is -0.669. The molecule has 1 aromatic heterocycles. The molecule has 2 atom stereocenters. The first-order chi connectivity index (χ1) is 16.8. The van der Waals surface area contributed by atoms with E-state index in [1.54, 1.807) is 29.6 Å². The van der Waals surface area contributed by atoms with E-state index in [1.165, 1.54) is 11.3 Å². The quantitative estimate of drug-likeness (QED) is 0.233. The number of nitrogens with zero attached hydrogens (tertiary/aromatic N) is 2. The number of thioether (sulfide) groups is 2. The molecule has 1 fully saturated rings. The monoisotopic (exact) mass is 674 g/mol. The van der Waals surface area contributed by atoms with E-state index in [2.05, 4.69) is 22.0 Å². The predicted octanol–water partition coefficient (Wildman–Crippen LogP) is 3.61. The van der Waals surface area contributed by atoms with Crippen LogP contribution in [0.25, 0.3) is 16.3 Å². The zero-order valence-corrected chi connectivity index (χ0v) is 25.2. The number of sulfonamides is 1. The Hall–Kier alpha value is -0.810. The van der Waals surface area contributed by atoms with Gasteiger partial charge in [0.1, 0.15) is 4.70 Å².